The standard InChI is InChI=1S/C19H23NO2/c1-12-9-10-18(14(3)11-12)22-16(5)19(21)20-17-8-6-7-13(2)15(17)4/h6-11,16H,1-5H3,(H,20,21). The number of aryl methyl sites for hydroxylation is 3. The Labute approximate surface area is 132 Å². The van der Waals surface area contributed by atoms with Crippen LogP contribution in [0.5, 0.6) is 5.75 Å². The number of amides is 1. The lowest BCUT2D eigenvalue weighted by Crippen LogP contribution is -2.30. The summed E-state index contributed by atoms with van der Waals surface area (Å²) < 4.78 is 5.79. The Morgan fingerprint density at radius 1 is 1.05 bits per heavy atom. The molecule has 2 rings (SSSR count). The molecule has 0 saturated carbocycles. The Bertz CT molecular complexity index is 692. The number of hydrogen-bond donors (Lipinski definition) is 1. The average molecular weight is 297 g/mol. The summed E-state index contributed by atoms with van der Waals surface area (Å²) in [6, 6.07) is 11.8. The highest BCUT2D eigenvalue weighted by molar-refractivity contribution is 5.94. The number of carbonyl (C=O) groups is 1. The lowest BCUT2D eigenvalue weighted by atomic mass is 10.1. The summed E-state index contributed by atoms with van der Waals surface area (Å²) in [7, 11) is 0. The molecule has 1 N–H and O–H groups in total. The molecule has 0 saturated heterocycles. The molecule has 1 unspecified atom stereocenters. The highest BCUT2D eigenvalue weighted by Gasteiger charge is 2.16. The predicted molar refractivity (Wildman–Crippen MR) is 90.6 cm³/mol. The van der Waals surface area contributed by atoms with Gasteiger partial charge in [0.2, 0.25) is 0 Å². The molecule has 3 heteroatoms. The van der Waals surface area contributed by atoms with Gasteiger partial charge >= 0.3 is 0 Å². The monoisotopic (exact) mass is 297 g/mol. The van der Waals surface area contributed by atoms with Crippen LogP contribution in [0.3, 0.4) is 0 Å². The first-order valence-electron chi connectivity index (χ1n) is 7.49. The number of carbonyl (C=O) groups excluding carboxylic acids is 1. The molecule has 22 heavy (non-hydrogen) atoms. The summed E-state index contributed by atoms with van der Waals surface area (Å²) in [5.74, 6) is 0.600. The van der Waals surface area contributed by atoms with E-state index in [-0.39, 0.29) is 5.91 Å². The zero-order chi connectivity index (χ0) is 16.3. The fourth-order valence-electron chi connectivity index (χ4n) is 2.30. The number of rotatable bonds is 4. The third kappa shape index (κ3) is 3.67. The van der Waals surface area contributed by atoms with Gasteiger partial charge in [0.1, 0.15) is 5.75 Å². The fraction of sp³-hybridized carbons (Fsp3) is 0.316. The zero-order valence-corrected chi connectivity index (χ0v) is 13.9. The first kappa shape index (κ1) is 16.1. The van der Waals surface area contributed by atoms with E-state index in [1.165, 1.54) is 5.56 Å². The van der Waals surface area contributed by atoms with Gasteiger partial charge in [-0.15, -0.1) is 0 Å². The van der Waals surface area contributed by atoms with E-state index in [1.807, 2.05) is 64.1 Å². The summed E-state index contributed by atoms with van der Waals surface area (Å²) in [4.78, 5) is 12.3. The molecule has 0 heterocycles. The maximum atomic E-state index is 12.3. The van der Waals surface area contributed by atoms with E-state index in [9.17, 15) is 4.79 Å². The van der Waals surface area contributed by atoms with E-state index < -0.39 is 6.10 Å². The highest BCUT2D eigenvalue weighted by atomic mass is 16.5. The van der Waals surface area contributed by atoms with Crippen LogP contribution in [-0.4, -0.2) is 12.0 Å². The Kier molecular flexibility index (Phi) is 4.86. The molecule has 0 bridgehead atoms. The molecule has 0 aromatic heterocycles. The Hall–Kier alpha value is -2.29. The summed E-state index contributed by atoms with van der Waals surface area (Å²) >= 11 is 0. The number of anilines is 1. The van der Waals surface area contributed by atoms with Crippen molar-refractivity contribution in [2.24, 2.45) is 0 Å². The van der Waals surface area contributed by atoms with Crippen LogP contribution in [0.15, 0.2) is 36.4 Å². The van der Waals surface area contributed by atoms with Crippen molar-refractivity contribution in [2.75, 3.05) is 5.32 Å². The van der Waals surface area contributed by atoms with Crippen LogP contribution in [0.4, 0.5) is 5.69 Å². The number of benzene rings is 2. The first-order chi connectivity index (χ1) is 10.4. The van der Waals surface area contributed by atoms with Crippen molar-refractivity contribution in [3.8, 4) is 5.75 Å². The molecule has 0 aliphatic rings. The van der Waals surface area contributed by atoms with Gasteiger partial charge in [-0.25, -0.2) is 0 Å². The van der Waals surface area contributed by atoms with Crippen LogP contribution >= 0.6 is 0 Å². The number of hydrogen-bond acceptors (Lipinski definition) is 2. The lowest BCUT2D eigenvalue weighted by molar-refractivity contribution is -0.122. The zero-order valence-electron chi connectivity index (χ0n) is 13.9. The molecule has 0 fully saturated rings. The van der Waals surface area contributed by atoms with Gasteiger partial charge in [0.05, 0.1) is 0 Å². The maximum absolute atomic E-state index is 12.3. The summed E-state index contributed by atoms with van der Waals surface area (Å²) in [5, 5.41) is 2.94. The molecular weight excluding hydrogens is 274 g/mol. The SMILES string of the molecule is Cc1ccc(OC(C)C(=O)Nc2cccc(C)c2C)c(C)c1. The van der Waals surface area contributed by atoms with E-state index in [0.29, 0.717) is 0 Å². The predicted octanol–water partition coefficient (Wildman–Crippen LogP) is 4.33. The molecule has 0 aliphatic heterocycles. The maximum Gasteiger partial charge on any atom is 0.265 e. The number of nitrogens with one attached hydrogen (secondary N) is 1. The van der Waals surface area contributed by atoms with Crippen molar-refractivity contribution in [3.05, 3.63) is 58.7 Å². The largest absolute Gasteiger partial charge is 0.481 e. The molecule has 1 amide bonds. The third-order valence-electron chi connectivity index (χ3n) is 3.87. The number of ether oxygens (including phenoxy) is 1. The van der Waals surface area contributed by atoms with Crippen molar-refractivity contribution >= 4 is 11.6 Å². The average Bonchev–Trinajstić information content (AvgIpc) is 2.46. The Morgan fingerprint density at radius 2 is 1.77 bits per heavy atom. The van der Waals surface area contributed by atoms with Crippen LogP contribution in [0.2, 0.25) is 0 Å². The minimum Gasteiger partial charge on any atom is -0.481 e. The van der Waals surface area contributed by atoms with Crippen LogP contribution in [0.1, 0.15) is 29.2 Å². The summed E-state index contributed by atoms with van der Waals surface area (Å²) in [5.41, 5.74) is 5.28. The van der Waals surface area contributed by atoms with E-state index in [2.05, 4.69) is 5.32 Å². The van der Waals surface area contributed by atoms with Crippen LogP contribution in [-0.2, 0) is 4.79 Å². The minimum absolute atomic E-state index is 0.145. The molecular formula is C19H23NO2. The molecule has 2 aromatic rings. The van der Waals surface area contributed by atoms with E-state index >= 15 is 0 Å². The molecule has 2 aromatic carbocycles. The second-order valence-corrected chi connectivity index (χ2v) is 5.77. The van der Waals surface area contributed by atoms with Gasteiger partial charge in [-0.05, 0) is 63.4 Å². The van der Waals surface area contributed by atoms with Gasteiger partial charge in [0.25, 0.3) is 5.91 Å². The third-order valence-corrected chi connectivity index (χ3v) is 3.87. The second-order valence-electron chi connectivity index (χ2n) is 5.77. The second kappa shape index (κ2) is 6.65. The Balaban J connectivity index is 2.07. The smallest absolute Gasteiger partial charge is 0.265 e. The van der Waals surface area contributed by atoms with Crippen molar-refractivity contribution in [1.29, 1.82) is 0 Å². The lowest BCUT2D eigenvalue weighted by Gasteiger charge is -2.17. The van der Waals surface area contributed by atoms with Gasteiger partial charge in [-0.1, -0.05) is 29.8 Å². The van der Waals surface area contributed by atoms with E-state index in [0.717, 1.165) is 28.1 Å². The topological polar surface area (TPSA) is 38.3 Å². The molecule has 0 spiro atoms. The van der Waals surface area contributed by atoms with Crippen molar-refractivity contribution in [3.63, 3.8) is 0 Å². The van der Waals surface area contributed by atoms with E-state index in [4.69, 9.17) is 4.74 Å². The van der Waals surface area contributed by atoms with Crippen molar-refractivity contribution in [2.45, 2.75) is 40.7 Å². The van der Waals surface area contributed by atoms with Gasteiger partial charge in [-0.2, -0.15) is 0 Å². The minimum atomic E-state index is -0.554. The Morgan fingerprint density at radius 3 is 2.45 bits per heavy atom. The van der Waals surface area contributed by atoms with Crippen molar-refractivity contribution in [1.82, 2.24) is 0 Å². The van der Waals surface area contributed by atoms with Gasteiger partial charge in [0, 0.05) is 5.69 Å². The van der Waals surface area contributed by atoms with Gasteiger partial charge in [0.15, 0.2) is 6.10 Å². The summed E-state index contributed by atoms with van der Waals surface area (Å²) in [6.45, 7) is 9.81. The molecule has 1 atom stereocenters. The van der Waals surface area contributed by atoms with Crippen molar-refractivity contribution < 1.29 is 9.53 Å². The van der Waals surface area contributed by atoms with Gasteiger partial charge in [-0.3, -0.25) is 4.79 Å². The van der Waals surface area contributed by atoms with Crippen LogP contribution < -0.4 is 10.1 Å². The van der Waals surface area contributed by atoms with Gasteiger partial charge < -0.3 is 10.1 Å². The highest BCUT2D eigenvalue weighted by Crippen LogP contribution is 2.21. The molecule has 0 radical (unpaired) electrons. The molecule has 116 valence electrons. The van der Waals surface area contributed by atoms with Crippen LogP contribution in [0.25, 0.3) is 0 Å². The quantitative estimate of drug-likeness (QED) is 0.912. The molecule has 0 aliphatic carbocycles. The molecule has 3 nitrogen and oxygen atoms in total. The fourth-order valence-corrected chi connectivity index (χ4v) is 2.30. The first-order valence-corrected chi connectivity index (χ1v) is 7.49. The summed E-state index contributed by atoms with van der Waals surface area (Å²) in [6.07, 6.45) is -0.554. The van der Waals surface area contributed by atoms with Crippen LogP contribution in [0, 0.1) is 27.7 Å². The van der Waals surface area contributed by atoms with E-state index in [1.54, 1.807) is 6.92 Å². The normalized spacial score (nSPS) is 11.9.